The van der Waals surface area contributed by atoms with Crippen molar-refractivity contribution in [1.82, 2.24) is 10.5 Å². The number of carbonyl (C=O) groups excluding carboxylic acids is 1. The summed E-state index contributed by atoms with van der Waals surface area (Å²) in [5, 5.41) is 15.2. The molecular formula is C15H14N2O3. The fourth-order valence-electron chi connectivity index (χ4n) is 1.65. The summed E-state index contributed by atoms with van der Waals surface area (Å²) in [6.45, 7) is 1.90. The van der Waals surface area contributed by atoms with E-state index >= 15 is 0 Å². The number of benzene rings is 1. The van der Waals surface area contributed by atoms with Crippen molar-refractivity contribution in [1.29, 1.82) is 0 Å². The molecule has 1 aromatic heterocycles. The molecule has 0 unspecified atom stereocenters. The van der Waals surface area contributed by atoms with Gasteiger partial charge in [-0.15, -0.1) is 0 Å². The van der Waals surface area contributed by atoms with Gasteiger partial charge in [-0.2, -0.15) is 0 Å². The number of aliphatic hydroxyl groups is 1. The molecule has 5 heteroatoms. The Balaban J connectivity index is 2.01. The summed E-state index contributed by atoms with van der Waals surface area (Å²) >= 11 is 0. The van der Waals surface area contributed by atoms with E-state index in [0.29, 0.717) is 29.1 Å². The molecule has 2 aromatic rings. The van der Waals surface area contributed by atoms with Crippen molar-refractivity contribution in [2.24, 2.45) is 0 Å². The molecule has 0 aliphatic heterocycles. The molecule has 0 saturated heterocycles. The number of nitrogens with zero attached hydrogens (tertiary/aromatic N) is 1. The van der Waals surface area contributed by atoms with Crippen LogP contribution in [-0.2, 0) is 6.54 Å². The van der Waals surface area contributed by atoms with Crippen LogP contribution >= 0.6 is 0 Å². The van der Waals surface area contributed by atoms with E-state index < -0.39 is 0 Å². The first kappa shape index (κ1) is 13.8. The van der Waals surface area contributed by atoms with E-state index in [1.165, 1.54) is 0 Å². The number of amides is 1. The first-order valence-electron chi connectivity index (χ1n) is 6.09. The largest absolute Gasteiger partial charge is 0.384 e. The molecule has 1 heterocycles. The van der Waals surface area contributed by atoms with Gasteiger partial charge in [0.15, 0.2) is 0 Å². The van der Waals surface area contributed by atoms with Crippen molar-refractivity contribution in [3.8, 4) is 11.8 Å². The summed E-state index contributed by atoms with van der Waals surface area (Å²) in [5.74, 6) is 5.80. The molecule has 0 aliphatic carbocycles. The van der Waals surface area contributed by atoms with E-state index in [1.807, 2.05) is 0 Å². The van der Waals surface area contributed by atoms with Crippen LogP contribution in [0.5, 0.6) is 0 Å². The Morgan fingerprint density at radius 3 is 3.00 bits per heavy atom. The van der Waals surface area contributed by atoms with Crippen molar-refractivity contribution in [3.63, 3.8) is 0 Å². The number of carbonyl (C=O) groups is 1. The summed E-state index contributed by atoms with van der Waals surface area (Å²) in [5.41, 5.74) is 1.87. The SMILES string of the molecule is Cc1cc(CNC(=O)c2cccc(C#CCO)c2)no1. The average Bonchev–Trinajstić information content (AvgIpc) is 2.88. The topological polar surface area (TPSA) is 75.4 Å². The third kappa shape index (κ3) is 3.70. The van der Waals surface area contributed by atoms with Gasteiger partial charge in [-0.05, 0) is 25.1 Å². The van der Waals surface area contributed by atoms with Crippen LogP contribution in [0.2, 0.25) is 0 Å². The number of nitrogens with one attached hydrogen (secondary N) is 1. The number of hydrogen-bond acceptors (Lipinski definition) is 4. The van der Waals surface area contributed by atoms with Gasteiger partial charge in [-0.25, -0.2) is 0 Å². The lowest BCUT2D eigenvalue weighted by Crippen LogP contribution is -2.22. The molecule has 0 fully saturated rings. The molecule has 0 aliphatic rings. The highest BCUT2D eigenvalue weighted by Gasteiger charge is 2.07. The zero-order valence-electron chi connectivity index (χ0n) is 11.0. The van der Waals surface area contributed by atoms with E-state index in [1.54, 1.807) is 37.3 Å². The normalized spacial score (nSPS) is 9.70. The first-order valence-corrected chi connectivity index (χ1v) is 6.09. The Kier molecular flexibility index (Phi) is 4.53. The smallest absolute Gasteiger partial charge is 0.251 e. The zero-order valence-corrected chi connectivity index (χ0v) is 11.0. The van der Waals surface area contributed by atoms with Gasteiger partial charge in [0.2, 0.25) is 0 Å². The van der Waals surface area contributed by atoms with Crippen molar-refractivity contribution >= 4 is 5.91 Å². The number of aryl methyl sites for hydroxylation is 1. The Bertz CT molecular complexity index is 665. The van der Waals surface area contributed by atoms with E-state index in [4.69, 9.17) is 9.63 Å². The highest BCUT2D eigenvalue weighted by atomic mass is 16.5. The molecule has 20 heavy (non-hydrogen) atoms. The van der Waals surface area contributed by atoms with Crippen molar-refractivity contribution in [3.05, 3.63) is 52.9 Å². The van der Waals surface area contributed by atoms with Crippen LogP contribution in [0, 0.1) is 18.8 Å². The fraction of sp³-hybridized carbons (Fsp3) is 0.200. The van der Waals surface area contributed by atoms with Crippen LogP contribution in [0.1, 0.15) is 27.4 Å². The van der Waals surface area contributed by atoms with E-state index in [0.717, 1.165) is 0 Å². The van der Waals surface area contributed by atoms with Crippen LogP contribution in [-0.4, -0.2) is 22.8 Å². The summed E-state index contributed by atoms with van der Waals surface area (Å²) in [4.78, 5) is 12.0. The van der Waals surface area contributed by atoms with Crippen LogP contribution < -0.4 is 5.32 Å². The Labute approximate surface area is 116 Å². The fourth-order valence-corrected chi connectivity index (χ4v) is 1.65. The Hall–Kier alpha value is -2.58. The minimum absolute atomic E-state index is 0.206. The second kappa shape index (κ2) is 6.55. The van der Waals surface area contributed by atoms with Crippen molar-refractivity contribution in [2.75, 3.05) is 6.61 Å². The maximum Gasteiger partial charge on any atom is 0.251 e. The van der Waals surface area contributed by atoms with Crippen LogP contribution in [0.3, 0.4) is 0 Å². The van der Waals surface area contributed by atoms with Gasteiger partial charge in [-0.1, -0.05) is 23.1 Å². The van der Waals surface area contributed by atoms with Crippen LogP contribution in [0.15, 0.2) is 34.9 Å². The molecule has 0 atom stereocenters. The maximum atomic E-state index is 12.0. The maximum absolute atomic E-state index is 12.0. The summed E-state index contributed by atoms with van der Waals surface area (Å²) < 4.78 is 4.92. The van der Waals surface area contributed by atoms with Gasteiger partial charge in [0.05, 0.1) is 6.54 Å². The monoisotopic (exact) mass is 270 g/mol. The van der Waals surface area contributed by atoms with Gasteiger partial charge in [0, 0.05) is 17.2 Å². The second-order valence-corrected chi connectivity index (χ2v) is 4.15. The number of rotatable bonds is 3. The lowest BCUT2D eigenvalue weighted by molar-refractivity contribution is 0.0950. The van der Waals surface area contributed by atoms with Gasteiger partial charge in [-0.3, -0.25) is 4.79 Å². The molecule has 1 amide bonds. The van der Waals surface area contributed by atoms with Crippen LogP contribution in [0.25, 0.3) is 0 Å². The molecule has 0 spiro atoms. The lowest BCUT2D eigenvalue weighted by Gasteiger charge is -2.03. The summed E-state index contributed by atoms with van der Waals surface area (Å²) in [6, 6.07) is 8.67. The van der Waals surface area contributed by atoms with Gasteiger partial charge in [0.1, 0.15) is 18.1 Å². The quantitative estimate of drug-likeness (QED) is 0.823. The van der Waals surface area contributed by atoms with E-state index in [9.17, 15) is 4.79 Å². The van der Waals surface area contributed by atoms with E-state index in [2.05, 4.69) is 22.3 Å². The number of aromatic nitrogens is 1. The first-order chi connectivity index (χ1) is 9.69. The summed E-state index contributed by atoms with van der Waals surface area (Å²) in [6.07, 6.45) is 0. The highest BCUT2D eigenvalue weighted by molar-refractivity contribution is 5.94. The molecule has 102 valence electrons. The highest BCUT2D eigenvalue weighted by Crippen LogP contribution is 2.05. The van der Waals surface area contributed by atoms with Crippen molar-refractivity contribution < 1.29 is 14.4 Å². The molecule has 2 rings (SSSR count). The minimum atomic E-state index is -0.210. The van der Waals surface area contributed by atoms with Gasteiger partial charge >= 0.3 is 0 Å². The molecule has 0 saturated carbocycles. The molecular weight excluding hydrogens is 256 g/mol. The van der Waals surface area contributed by atoms with Gasteiger partial charge < -0.3 is 14.9 Å². The third-order valence-corrected chi connectivity index (χ3v) is 2.54. The molecule has 0 bridgehead atoms. The molecule has 5 nitrogen and oxygen atoms in total. The number of hydrogen-bond donors (Lipinski definition) is 2. The molecule has 1 aromatic carbocycles. The lowest BCUT2D eigenvalue weighted by atomic mass is 10.1. The average molecular weight is 270 g/mol. The van der Waals surface area contributed by atoms with Gasteiger partial charge in [0.25, 0.3) is 5.91 Å². The summed E-state index contributed by atoms with van der Waals surface area (Å²) in [7, 11) is 0. The third-order valence-electron chi connectivity index (χ3n) is 2.54. The molecule has 0 radical (unpaired) electrons. The Morgan fingerprint density at radius 2 is 2.30 bits per heavy atom. The second-order valence-electron chi connectivity index (χ2n) is 4.15. The Morgan fingerprint density at radius 1 is 1.45 bits per heavy atom. The predicted molar refractivity (Wildman–Crippen MR) is 72.8 cm³/mol. The predicted octanol–water partition coefficient (Wildman–Crippen LogP) is 1.26. The van der Waals surface area contributed by atoms with Crippen LogP contribution in [0.4, 0.5) is 0 Å². The molecule has 2 N–H and O–H groups in total. The van der Waals surface area contributed by atoms with Crippen molar-refractivity contribution in [2.45, 2.75) is 13.5 Å². The number of aliphatic hydroxyl groups excluding tert-OH is 1. The zero-order chi connectivity index (χ0) is 14.4. The van der Waals surface area contributed by atoms with E-state index in [-0.39, 0.29) is 12.5 Å². The minimum Gasteiger partial charge on any atom is -0.384 e. The standard InChI is InChI=1S/C15H14N2O3/c1-11-8-14(17-20-11)10-16-15(19)13-6-2-4-12(9-13)5-3-7-18/h2,4,6,8-9,18H,7,10H2,1H3,(H,16,19).